The van der Waals surface area contributed by atoms with Crippen LogP contribution in [0.25, 0.3) is 0 Å². The number of thiazole rings is 1. The molecule has 2 aromatic rings. The SMILES string of the molecule is O=C(NCCc1csc(N2CCCCC2)n1)c1ccccc1F. The minimum Gasteiger partial charge on any atom is -0.352 e. The molecule has 3 rings (SSSR count). The zero-order chi connectivity index (χ0) is 16.1. The van der Waals surface area contributed by atoms with Crippen molar-refractivity contribution >= 4 is 22.4 Å². The van der Waals surface area contributed by atoms with Crippen molar-refractivity contribution in [1.82, 2.24) is 10.3 Å². The highest BCUT2D eigenvalue weighted by molar-refractivity contribution is 7.13. The van der Waals surface area contributed by atoms with Crippen molar-refractivity contribution in [2.75, 3.05) is 24.5 Å². The monoisotopic (exact) mass is 333 g/mol. The number of carbonyl (C=O) groups excluding carboxylic acids is 1. The molecule has 0 unspecified atom stereocenters. The van der Waals surface area contributed by atoms with Gasteiger partial charge in [0.25, 0.3) is 5.91 Å². The highest BCUT2D eigenvalue weighted by atomic mass is 32.1. The Bertz CT molecular complexity index is 667. The van der Waals surface area contributed by atoms with E-state index in [9.17, 15) is 9.18 Å². The van der Waals surface area contributed by atoms with E-state index < -0.39 is 5.82 Å². The van der Waals surface area contributed by atoms with Crippen LogP contribution in [0.1, 0.15) is 35.3 Å². The number of amides is 1. The summed E-state index contributed by atoms with van der Waals surface area (Å²) in [7, 11) is 0. The fourth-order valence-electron chi connectivity index (χ4n) is 2.69. The van der Waals surface area contributed by atoms with Crippen LogP contribution < -0.4 is 10.2 Å². The Balaban J connectivity index is 1.50. The molecular formula is C17H20FN3OS. The lowest BCUT2D eigenvalue weighted by Crippen LogP contribution is -2.29. The van der Waals surface area contributed by atoms with Crippen LogP contribution in [0.2, 0.25) is 0 Å². The van der Waals surface area contributed by atoms with Gasteiger partial charge in [-0.2, -0.15) is 0 Å². The molecule has 6 heteroatoms. The number of piperidine rings is 1. The summed E-state index contributed by atoms with van der Waals surface area (Å²) in [6, 6.07) is 6.01. The van der Waals surface area contributed by atoms with Crippen LogP contribution in [0.5, 0.6) is 0 Å². The maximum Gasteiger partial charge on any atom is 0.254 e. The minimum atomic E-state index is -0.494. The quantitative estimate of drug-likeness (QED) is 0.913. The molecule has 2 heterocycles. The van der Waals surface area contributed by atoms with Gasteiger partial charge in [-0.05, 0) is 31.4 Å². The third-order valence-corrected chi connectivity index (χ3v) is 4.90. The number of hydrogen-bond acceptors (Lipinski definition) is 4. The Morgan fingerprint density at radius 1 is 1.26 bits per heavy atom. The fourth-order valence-corrected chi connectivity index (χ4v) is 3.60. The molecule has 0 radical (unpaired) electrons. The van der Waals surface area contributed by atoms with Gasteiger partial charge < -0.3 is 10.2 Å². The van der Waals surface area contributed by atoms with Crippen molar-refractivity contribution in [3.05, 3.63) is 46.7 Å². The lowest BCUT2D eigenvalue weighted by Gasteiger charge is -2.25. The van der Waals surface area contributed by atoms with Gasteiger partial charge in [-0.25, -0.2) is 9.37 Å². The molecule has 0 bridgehead atoms. The molecule has 0 saturated carbocycles. The summed E-state index contributed by atoms with van der Waals surface area (Å²) in [6.07, 6.45) is 4.42. The molecule has 0 aliphatic carbocycles. The molecule has 1 saturated heterocycles. The van der Waals surface area contributed by atoms with Gasteiger partial charge >= 0.3 is 0 Å². The number of nitrogens with zero attached hydrogens (tertiary/aromatic N) is 2. The zero-order valence-electron chi connectivity index (χ0n) is 12.9. The van der Waals surface area contributed by atoms with Gasteiger partial charge in [0.2, 0.25) is 0 Å². The maximum atomic E-state index is 13.5. The molecule has 23 heavy (non-hydrogen) atoms. The Morgan fingerprint density at radius 3 is 2.83 bits per heavy atom. The molecular weight excluding hydrogens is 313 g/mol. The Labute approximate surface area is 139 Å². The van der Waals surface area contributed by atoms with Crippen LogP contribution in [-0.2, 0) is 6.42 Å². The van der Waals surface area contributed by atoms with Gasteiger partial charge in [0.15, 0.2) is 5.13 Å². The Morgan fingerprint density at radius 2 is 2.04 bits per heavy atom. The van der Waals surface area contributed by atoms with Crippen molar-refractivity contribution in [3.63, 3.8) is 0 Å². The van der Waals surface area contributed by atoms with E-state index in [1.54, 1.807) is 23.5 Å². The molecule has 1 aromatic carbocycles. The summed E-state index contributed by atoms with van der Waals surface area (Å²) in [5, 5.41) is 5.86. The van der Waals surface area contributed by atoms with E-state index in [1.807, 2.05) is 5.38 Å². The first-order valence-electron chi connectivity index (χ1n) is 7.96. The van der Waals surface area contributed by atoms with Gasteiger partial charge in [-0.15, -0.1) is 11.3 Å². The summed E-state index contributed by atoms with van der Waals surface area (Å²) in [5.41, 5.74) is 1.06. The molecule has 1 aliphatic heterocycles. The number of aromatic nitrogens is 1. The molecule has 1 aliphatic rings. The van der Waals surface area contributed by atoms with Crippen LogP contribution in [0.3, 0.4) is 0 Å². The van der Waals surface area contributed by atoms with Gasteiger partial charge in [0, 0.05) is 31.4 Å². The summed E-state index contributed by atoms with van der Waals surface area (Å²) >= 11 is 1.66. The highest BCUT2D eigenvalue weighted by Gasteiger charge is 2.14. The maximum absolute atomic E-state index is 13.5. The molecule has 1 N–H and O–H groups in total. The van der Waals surface area contributed by atoms with Crippen molar-refractivity contribution in [2.45, 2.75) is 25.7 Å². The summed E-state index contributed by atoms with van der Waals surface area (Å²) in [6.45, 7) is 2.62. The lowest BCUT2D eigenvalue weighted by molar-refractivity contribution is 0.0950. The summed E-state index contributed by atoms with van der Waals surface area (Å²) < 4.78 is 13.5. The number of carbonyl (C=O) groups is 1. The normalized spacial score (nSPS) is 14.7. The number of rotatable bonds is 5. The Kier molecular flexibility index (Phi) is 5.23. The van der Waals surface area contributed by atoms with Gasteiger partial charge in [-0.1, -0.05) is 12.1 Å². The second-order valence-electron chi connectivity index (χ2n) is 5.65. The standard InChI is InChI=1S/C17H20FN3OS/c18-15-7-3-2-6-14(15)16(22)19-9-8-13-12-23-17(20-13)21-10-4-1-5-11-21/h2-3,6-7,12H,1,4-5,8-11H2,(H,19,22). The minimum absolute atomic E-state index is 0.0831. The molecule has 0 spiro atoms. The first-order chi connectivity index (χ1) is 11.2. The lowest BCUT2D eigenvalue weighted by atomic mass is 10.1. The highest BCUT2D eigenvalue weighted by Crippen LogP contribution is 2.24. The zero-order valence-corrected chi connectivity index (χ0v) is 13.7. The Hall–Kier alpha value is -1.95. The number of benzene rings is 1. The van der Waals surface area contributed by atoms with Crippen LogP contribution in [-0.4, -0.2) is 30.5 Å². The second-order valence-corrected chi connectivity index (χ2v) is 6.49. The molecule has 1 aromatic heterocycles. The van der Waals surface area contributed by atoms with Gasteiger partial charge in [-0.3, -0.25) is 4.79 Å². The molecule has 1 fully saturated rings. The average molecular weight is 333 g/mol. The molecule has 1 amide bonds. The third-order valence-electron chi connectivity index (χ3n) is 3.95. The van der Waals surface area contributed by atoms with Gasteiger partial charge in [0.1, 0.15) is 5.82 Å². The van der Waals surface area contributed by atoms with Crippen LogP contribution in [0.4, 0.5) is 9.52 Å². The molecule has 4 nitrogen and oxygen atoms in total. The fraction of sp³-hybridized carbons (Fsp3) is 0.412. The summed E-state index contributed by atoms with van der Waals surface area (Å²) in [5.74, 6) is -0.874. The average Bonchev–Trinajstić information content (AvgIpc) is 3.05. The van der Waals surface area contributed by atoms with E-state index in [0.717, 1.165) is 23.9 Å². The van der Waals surface area contributed by atoms with Crippen LogP contribution >= 0.6 is 11.3 Å². The number of halogens is 1. The topological polar surface area (TPSA) is 45.2 Å². The van der Waals surface area contributed by atoms with E-state index in [4.69, 9.17) is 0 Å². The van der Waals surface area contributed by atoms with Crippen LogP contribution in [0, 0.1) is 5.82 Å². The number of anilines is 1. The number of hydrogen-bond donors (Lipinski definition) is 1. The second kappa shape index (κ2) is 7.55. The van der Waals surface area contributed by atoms with E-state index in [0.29, 0.717) is 13.0 Å². The van der Waals surface area contributed by atoms with E-state index >= 15 is 0 Å². The van der Waals surface area contributed by atoms with Crippen molar-refractivity contribution in [1.29, 1.82) is 0 Å². The predicted octanol–water partition coefficient (Wildman–Crippen LogP) is 3.25. The van der Waals surface area contributed by atoms with Crippen LogP contribution in [0.15, 0.2) is 29.6 Å². The smallest absolute Gasteiger partial charge is 0.254 e. The number of nitrogens with one attached hydrogen (secondary N) is 1. The largest absolute Gasteiger partial charge is 0.352 e. The molecule has 122 valence electrons. The first kappa shape index (κ1) is 15.9. The van der Waals surface area contributed by atoms with E-state index in [2.05, 4.69) is 15.2 Å². The van der Waals surface area contributed by atoms with Gasteiger partial charge in [0.05, 0.1) is 11.3 Å². The third kappa shape index (κ3) is 4.07. The van der Waals surface area contributed by atoms with Crippen molar-refractivity contribution in [3.8, 4) is 0 Å². The van der Waals surface area contributed by atoms with E-state index in [-0.39, 0.29) is 11.5 Å². The molecule has 0 atom stereocenters. The van der Waals surface area contributed by atoms with E-state index in [1.165, 1.54) is 31.4 Å². The van der Waals surface area contributed by atoms with Crippen molar-refractivity contribution in [2.24, 2.45) is 0 Å². The first-order valence-corrected chi connectivity index (χ1v) is 8.84. The predicted molar refractivity (Wildman–Crippen MR) is 90.6 cm³/mol. The summed E-state index contributed by atoms with van der Waals surface area (Å²) in [4.78, 5) is 18.9. The van der Waals surface area contributed by atoms with Crippen molar-refractivity contribution < 1.29 is 9.18 Å².